The number of hydrogen-bond donors (Lipinski definition) is 6. The van der Waals surface area contributed by atoms with E-state index in [0.717, 1.165) is 74.3 Å². The Hall–Kier alpha value is -4.58. The average molecular weight is 647 g/mol. The van der Waals surface area contributed by atoms with E-state index in [4.69, 9.17) is 10.5 Å². The highest BCUT2D eigenvalue weighted by Gasteiger charge is 2.19. The van der Waals surface area contributed by atoms with Gasteiger partial charge in [0.15, 0.2) is 0 Å². The molecule has 2 amide bonds. The van der Waals surface area contributed by atoms with E-state index in [0.29, 0.717) is 18.7 Å². The zero-order valence-corrected chi connectivity index (χ0v) is 26.5. The first-order valence-corrected chi connectivity index (χ1v) is 16.1. The van der Waals surface area contributed by atoms with Crippen molar-refractivity contribution in [1.29, 1.82) is 0 Å². The minimum absolute atomic E-state index is 0.00681. The monoisotopic (exact) mass is 646 g/mol. The SMILES string of the molecule is NCCCNCCCCNCCCNc1cc(NC(=O)OCc2ccc3ccccc3c2)c(C(=O)NCc2ccc(F)cc2)cc1F. The summed E-state index contributed by atoms with van der Waals surface area (Å²) in [6.45, 7) is 4.83. The Morgan fingerprint density at radius 1 is 0.702 bits per heavy atom. The minimum atomic E-state index is -0.790. The lowest BCUT2D eigenvalue weighted by atomic mass is 10.1. The number of benzene rings is 4. The van der Waals surface area contributed by atoms with Crippen LogP contribution in [-0.2, 0) is 17.9 Å². The molecule has 4 aromatic carbocycles. The molecule has 0 bridgehead atoms. The number of nitrogens with two attached hydrogens (primary N) is 1. The predicted molar refractivity (Wildman–Crippen MR) is 183 cm³/mol. The summed E-state index contributed by atoms with van der Waals surface area (Å²) >= 11 is 0. The highest BCUT2D eigenvalue weighted by atomic mass is 19.1. The van der Waals surface area contributed by atoms with Crippen LogP contribution in [0.5, 0.6) is 0 Å². The van der Waals surface area contributed by atoms with Crippen molar-refractivity contribution in [3.63, 3.8) is 0 Å². The van der Waals surface area contributed by atoms with Crippen LogP contribution in [0.2, 0.25) is 0 Å². The van der Waals surface area contributed by atoms with Gasteiger partial charge in [0.2, 0.25) is 0 Å². The number of halogens is 2. The Morgan fingerprint density at radius 2 is 1.38 bits per heavy atom. The quantitative estimate of drug-likeness (QED) is 0.0700. The molecule has 4 aromatic rings. The van der Waals surface area contributed by atoms with Gasteiger partial charge in [-0.05, 0) is 111 Å². The van der Waals surface area contributed by atoms with Gasteiger partial charge in [-0.3, -0.25) is 10.1 Å². The zero-order valence-electron chi connectivity index (χ0n) is 26.5. The van der Waals surface area contributed by atoms with E-state index in [9.17, 15) is 14.0 Å². The van der Waals surface area contributed by atoms with Crippen LogP contribution >= 0.6 is 0 Å². The molecule has 0 heterocycles. The van der Waals surface area contributed by atoms with E-state index in [1.807, 2.05) is 42.5 Å². The molecular weight excluding hydrogens is 602 g/mol. The lowest BCUT2D eigenvalue weighted by Crippen LogP contribution is -2.25. The van der Waals surface area contributed by atoms with Crippen molar-refractivity contribution < 1.29 is 23.1 Å². The summed E-state index contributed by atoms with van der Waals surface area (Å²) in [4.78, 5) is 26.0. The largest absolute Gasteiger partial charge is 0.444 e. The van der Waals surface area contributed by atoms with Crippen molar-refractivity contribution in [2.45, 2.75) is 38.8 Å². The standard InChI is InChI=1S/C36H44F2N6O3/c37-30-13-10-26(11-14-30)24-43-35(45)31-22-32(38)34(42-20-6-19-41-17-4-3-16-40-18-5-15-39)23-33(31)44-36(46)47-25-27-9-12-28-7-1-2-8-29(28)21-27/h1-2,7-14,21-23,40-42H,3-6,15-20,24-25,39H2,(H,43,45)(H,44,46). The molecule has 0 saturated heterocycles. The number of fused-ring (bicyclic) bond motifs is 1. The highest BCUT2D eigenvalue weighted by Crippen LogP contribution is 2.26. The van der Waals surface area contributed by atoms with Gasteiger partial charge in [0.25, 0.3) is 5.91 Å². The van der Waals surface area contributed by atoms with Crippen LogP contribution in [0.1, 0.15) is 47.2 Å². The van der Waals surface area contributed by atoms with Gasteiger partial charge in [-0.25, -0.2) is 13.6 Å². The van der Waals surface area contributed by atoms with Gasteiger partial charge in [0, 0.05) is 13.1 Å². The molecule has 47 heavy (non-hydrogen) atoms. The van der Waals surface area contributed by atoms with Gasteiger partial charge in [-0.1, -0.05) is 48.5 Å². The van der Waals surface area contributed by atoms with Crippen LogP contribution in [0, 0.1) is 11.6 Å². The molecule has 7 N–H and O–H groups in total. The molecule has 0 fully saturated rings. The normalized spacial score (nSPS) is 11.0. The number of hydrogen-bond acceptors (Lipinski definition) is 7. The topological polar surface area (TPSA) is 130 Å². The van der Waals surface area contributed by atoms with Crippen molar-refractivity contribution in [1.82, 2.24) is 16.0 Å². The van der Waals surface area contributed by atoms with Crippen LogP contribution in [0.3, 0.4) is 0 Å². The van der Waals surface area contributed by atoms with E-state index < -0.39 is 23.6 Å². The van der Waals surface area contributed by atoms with Crippen molar-refractivity contribution in [3.8, 4) is 0 Å². The fraction of sp³-hybridized carbons (Fsp3) is 0.333. The molecule has 0 saturated carbocycles. The predicted octanol–water partition coefficient (Wildman–Crippen LogP) is 5.91. The third kappa shape index (κ3) is 11.9. The number of anilines is 2. The fourth-order valence-corrected chi connectivity index (χ4v) is 4.92. The second-order valence-corrected chi connectivity index (χ2v) is 11.2. The lowest BCUT2D eigenvalue weighted by molar-refractivity contribution is 0.0951. The van der Waals surface area contributed by atoms with Crippen LogP contribution in [0.25, 0.3) is 10.8 Å². The first-order valence-electron chi connectivity index (χ1n) is 16.1. The van der Waals surface area contributed by atoms with E-state index >= 15 is 4.39 Å². The van der Waals surface area contributed by atoms with Crippen molar-refractivity contribution in [3.05, 3.63) is 107 Å². The summed E-state index contributed by atoms with van der Waals surface area (Å²) in [6.07, 6.45) is 3.05. The highest BCUT2D eigenvalue weighted by molar-refractivity contribution is 6.03. The molecule has 0 aliphatic carbocycles. The number of nitrogens with one attached hydrogen (secondary N) is 5. The Morgan fingerprint density at radius 3 is 2.13 bits per heavy atom. The van der Waals surface area contributed by atoms with E-state index in [1.165, 1.54) is 18.2 Å². The fourth-order valence-electron chi connectivity index (χ4n) is 4.92. The van der Waals surface area contributed by atoms with Crippen molar-refractivity contribution in [2.75, 3.05) is 49.9 Å². The maximum atomic E-state index is 15.2. The molecule has 0 aromatic heterocycles. The molecule has 0 spiro atoms. The molecule has 0 atom stereocenters. The van der Waals surface area contributed by atoms with E-state index in [2.05, 4.69) is 26.6 Å². The first-order chi connectivity index (χ1) is 22.9. The first kappa shape index (κ1) is 35.3. The average Bonchev–Trinajstić information content (AvgIpc) is 3.08. The van der Waals surface area contributed by atoms with Gasteiger partial charge in [-0.2, -0.15) is 0 Å². The summed E-state index contributed by atoms with van der Waals surface area (Å²) in [5, 5.41) is 17.2. The summed E-state index contributed by atoms with van der Waals surface area (Å²) in [5.74, 6) is -1.64. The van der Waals surface area contributed by atoms with Crippen molar-refractivity contribution >= 4 is 34.1 Å². The Balaban J connectivity index is 1.33. The smallest absolute Gasteiger partial charge is 0.411 e. The molecule has 250 valence electrons. The third-order valence-corrected chi connectivity index (χ3v) is 7.50. The van der Waals surface area contributed by atoms with Crippen LogP contribution in [0.15, 0.2) is 78.9 Å². The van der Waals surface area contributed by atoms with Gasteiger partial charge < -0.3 is 31.7 Å². The van der Waals surface area contributed by atoms with Gasteiger partial charge >= 0.3 is 6.09 Å². The number of amides is 2. The second kappa shape index (κ2) is 19.2. The molecule has 11 heteroatoms. The summed E-state index contributed by atoms with van der Waals surface area (Å²) in [5.41, 5.74) is 7.12. The van der Waals surface area contributed by atoms with Crippen LogP contribution in [-0.4, -0.2) is 51.3 Å². The molecule has 0 aliphatic heterocycles. The molecule has 0 aliphatic rings. The number of unbranched alkanes of at least 4 members (excludes halogenated alkanes) is 1. The lowest BCUT2D eigenvalue weighted by Gasteiger charge is -2.16. The Labute approximate surface area is 274 Å². The summed E-state index contributed by atoms with van der Waals surface area (Å²) in [6, 6.07) is 21.8. The summed E-state index contributed by atoms with van der Waals surface area (Å²) in [7, 11) is 0. The molecular formula is C36H44F2N6O3. The van der Waals surface area contributed by atoms with Gasteiger partial charge in [0.1, 0.15) is 18.2 Å². The number of carbonyl (C=O) groups is 2. The van der Waals surface area contributed by atoms with Gasteiger partial charge in [-0.15, -0.1) is 0 Å². The molecule has 9 nitrogen and oxygen atoms in total. The number of rotatable bonds is 19. The molecule has 0 unspecified atom stereocenters. The maximum absolute atomic E-state index is 15.2. The number of ether oxygens (including phenoxy) is 1. The Bertz CT molecular complexity index is 1590. The second-order valence-electron chi connectivity index (χ2n) is 11.2. The maximum Gasteiger partial charge on any atom is 0.411 e. The minimum Gasteiger partial charge on any atom is -0.444 e. The van der Waals surface area contributed by atoms with Crippen molar-refractivity contribution in [2.24, 2.45) is 5.73 Å². The summed E-state index contributed by atoms with van der Waals surface area (Å²) < 4.78 is 33.9. The van der Waals surface area contributed by atoms with E-state index in [1.54, 1.807) is 12.1 Å². The third-order valence-electron chi connectivity index (χ3n) is 7.50. The van der Waals surface area contributed by atoms with E-state index in [-0.39, 0.29) is 30.1 Å². The van der Waals surface area contributed by atoms with Gasteiger partial charge in [0.05, 0.1) is 16.9 Å². The van der Waals surface area contributed by atoms with Crippen LogP contribution in [0.4, 0.5) is 25.0 Å². The zero-order chi connectivity index (χ0) is 33.3. The number of carbonyl (C=O) groups excluding carboxylic acids is 2. The van der Waals surface area contributed by atoms with Crippen LogP contribution < -0.4 is 32.3 Å². The Kier molecular flexibility index (Phi) is 14.4. The molecule has 0 radical (unpaired) electrons. The molecule has 4 rings (SSSR count).